The van der Waals surface area contributed by atoms with Crippen LogP contribution in [-0.4, -0.2) is 19.1 Å². The van der Waals surface area contributed by atoms with Gasteiger partial charge in [-0.25, -0.2) is 0 Å². The zero-order valence-corrected chi connectivity index (χ0v) is 20.3. The second-order valence-electron chi connectivity index (χ2n) is 7.93. The van der Waals surface area contributed by atoms with Gasteiger partial charge in [0.2, 0.25) is 0 Å². The van der Waals surface area contributed by atoms with E-state index in [9.17, 15) is 4.79 Å². The van der Waals surface area contributed by atoms with Gasteiger partial charge >= 0.3 is 0 Å². The summed E-state index contributed by atoms with van der Waals surface area (Å²) in [4.78, 5) is 11.3. The second-order valence-corrected chi connectivity index (χ2v) is 7.93. The molecule has 0 fully saturated rings. The number of nitrogens with one attached hydrogen (secondary N) is 1. The Kier molecular flexibility index (Phi) is 11.7. The highest BCUT2D eigenvalue weighted by atomic mass is 16.5. The molecule has 4 heteroatoms. The van der Waals surface area contributed by atoms with Gasteiger partial charge in [0, 0.05) is 12.6 Å². The molecule has 32 heavy (non-hydrogen) atoms. The van der Waals surface area contributed by atoms with Crippen molar-refractivity contribution < 1.29 is 11.0 Å². The summed E-state index contributed by atoms with van der Waals surface area (Å²) in [6, 6.07) is 15.8. The third-order valence-electron chi connectivity index (χ3n) is 5.55. The monoisotopic (exact) mass is 434 g/mol. The molecule has 0 atom stereocenters. The molecule has 0 bridgehead atoms. The highest BCUT2D eigenvalue weighted by Crippen LogP contribution is 2.26. The maximum atomic E-state index is 11.3. The lowest BCUT2D eigenvalue weighted by Gasteiger charge is -2.15. The Morgan fingerprint density at radius 3 is 2.16 bits per heavy atom. The van der Waals surface area contributed by atoms with E-state index in [4.69, 9.17) is 15.4 Å². The zero-order valence-electron chi connectivity index (χ0n) is 20.3. The van der Waals surface area contributed by atoms with E-state index in [0.29, 0.717) is 17.2 Å². The van der Waals surface area contributed by atoms with Gasteiger partial charge in [0.1, 0.15) is 5.76 Å². The molecule has 1 N–H and O–H groups in total. The van der Waals surface area contributed by atoms with E-state index < -0.39 is 0 Å². The predicted molar refractivity (Wildman–Crippen MR) is 135 cm³/mol. The van der Waals surface area contributed by atoms with E-state index in [1.54, 1.807) is 6.92 Å². The minimum atomic E-state index is 0. The number of nitrogens with zero attached hydrogens (tertiary/aromatic N) is 1. The van der Waals surface area contributed by atoms with Crippen LogP contribution in [-0.2, 0) is 4.74 Å². The van der Waals surface area contributed by atoms with Gasteiger partial charge in [0.05, 0.1) is 25.0 Å². The van der Waals surface area contributed by atoms with Crippen LogP contribution in [0.15, 0.2) is 48.2 Å². The van der Waals surface area contributed by atoms with Gasteiger partial charge in [-0.15, -0.1) is 0 Å². The van der Waals surface area contributed by atoms with Gasteiger partial charge in [-0.1, -0.05) is 51.0 Å². The number of carbonyl (C=O) groups is 1. The average Bonchev–Trinajstić information content (AvgIpc) is 2.80. The first-order valence-corrected chi connectivity index (χ1v) is 11.2. The summed E-state index contributed by atoms with van der Waals surface area (Å²) < 4.78 is 5.12. The number of Topliss-reactive ketones (excluding diaryl/α,β-unsaturated/α-hetero) is 1. The maximum absolute atomic E-state index is 11.3. The third kappa shape index (κ3) is 7.81. The smallest absolute Gasteiger partial charge is 0.159 e. The SMILES string of the molecule is CCCC(CCC)c1ccc(C#N)cc1.CO/C(C=N)=C(/C)c1cc(C(C)=O)ccc1C.[HH]. The number of ether oxygens (including phenoxy) is 1. The van der Waals surface area contributed by atoms with Crippen LogP contribution in [0.25, 0.3) is 5.57 Å². The Balaban J connectivity index is 0.000000607. The molecule has 0 aliphatic heterocycles. The fourth-order valence-corrected chi connectivity index (χ4v) is 3.70. The van der Waals surface area contributed by atoms with Gasteiger partial charge in [0.25, 0.3) is 0 Å². The number of aryl methyl sites for hydroxylation is 1. The number of allylic oxidation sites excluding steroid dienone is 2. The van der Waals surface area contributed by atoms with E-state index in [1.807, 2.05) is 44.2 Å². The van der Waals surface area contributed by atoms with Crippen LogP contribution in [0, 0.1) is 23.7 Å². The number of hydrogen-bond donors (Lipinski definition) is 1. The maximum Gasteiger partial charge on any atom is 0.159 e. The molecule has 0 aliphatic rings. The third-order valence-corrected chi connectivity index (χ3v) is 5.55. The number of rotatable bonds is 9. The Morgan fingerprint density at radius 2 is 1.72 bits per heavy atom. The minimum absolute atomic E-state index is 0. The van der Waals surface area contributed by atoms with Crippen molar-refractivity contribution in [2.75, 3.05) is 7.11 Å². The average molecular weight is 435 g/mol. The van der Waals surface area contributed by atoms with Crippen LogP contribution in [0.4, 0.5) is 0 Å². The number of carbonyl (C=O) groups excluding carboxylic acids is 1. The van der Waals surface area contributed by atoms with Crippen LogP contribution < -0.4 is 0 Å². The summed E-state index contributed by atoms with van der Waals surface area (Å²) in [7, 11) is 1.54. The summed E-state index contributed by atoms with van der Waals surface area (Å²) in [5.41, 5.74) is 5.68. The summed E-state index contributed by atoms with van der Waals surface area (Å²) in [6.07, 6.45) is 6.13. The van der Waals surface area contributed by atoms with Crippen molar-refractivity contribution >= 4 is 17.6 Å². The molecule has 0 saturated heterocycles. The fraction of sp³-hybridized carbons (Fsp3) is 0.393. The lowest BCUT2D eigenvalue weighted by Crippen LogP contribution is -1.98. The van der Waals surface area contributed by atoms with E-state index >= 15 is 0 Å². The van der Waals surface area contributed by atoms with Crippen LogP contribution in [0.3, 0.4) is 0 Å². The first-order chi connectivity index (χ1) is 15.3. The highest BCUT2D eigenvalue weighted by molar-refractivity contribution is 5.96. The molecular weight excluding hydrogens is 396 g/mol. The van der Waals surface area contributed by atoms with Crippen molar-refractivity contribution in [1.82, 2.24) is 0 Å². The van der Waals surface area contributed by atoms with E-state index in [1.165, 1.54) is 44.6 Å². The highest BCUT2D eigenvalue weighted by Gasteiger charge is 2.10. The molecule has 0 heterocycles. The predicted octanol–water partition coefficient (Wildman–Crippen LogP) is 7.71. The minimum Gasteiger partial charge on any atom is -0.495 e. The Labute approximate surface area is 194 Å². The van der Waals surface area contributed by atoms with Crippen molar-refractivity contribution in [1.29, 1.82) is 10.7 Å². The molecule has 2 aromatic rings. The van der Waals surface area contributed by atoms with Crippen molar-refractivity contribution in [2.24, 2.45) is 0 Å². The number of methoxy groups -OCH3 is 1. The number of ketones is 1. The van der Waals surface area contributed by atoms with Gasteiger partial charge in [-0.05, 0) is 74.4 Å². The van der Waals surface area contributed by atoms with Gasteiger partial charge in [-0.3, -0.25) is 4.79 Å². The van der Waals surface area contributed by atoms with Gasteiger partial charge in [0.15, 0.2) is 5.78 Å². The Bertz CT molecular complexity index is 966. The van der Waals surface area contributed by atoms with Gasteiger partial charge < -0.3 is 10.1 Å². The van der Waals surface area contributed by atoms with Crippen LogP contribution in [0.2, 0.25) is 0 Å². The van der Waals surface area contributed by atoms with E-state index in [-0.39, 0.29) is 7.21 Å². The summed E-state index contributed by atoms with van der Waals surface area (Å²) in [5.74, 6) is 1.22. The molecule has 172 valence electrons. The number of hydrogen-bond acceptors (Lipinski definition) is 4. The second kappa shape index (κ2) is 14.0. The summed E-state index contributed by atoms with van der Waals surface area (Å²) in [6.45, 7) is 9.86. The Morgan fingerprint density at radius 1 is 1.12 bits per heavy atom. The van der Waals surface area contributed by atoms with E-state index in [0.717, 1.165) is 22.3 Å². The summed E-state index contributed by atoms with van der Waals surface area (Å²) in [5, 5.41) is 16.0. The zero-order chi connectivity index (χ0) is 24.1. The van der Waals surface area contributed by atoms with Crippen LogP contribution in [0.1, 0.15) is 93.3 Å². The van der Waals surface area contributed by atoms with Crippen molar-refractivity contribution in [3.05, 3.63) is 76.0 Å². The van der Waals surface area contributed by atoms with Crippen molar-refractivity contribution in [2.45, 2.75) is 66.2 Å². The first-order valence-electron chi connectivity index (χ1n) is 11.2. The first kappa shape index (κ1) is 26.8. The molecule has 0 saturated carbocycles. The lowest BCUT2D eigenvalue weighted by atomic mass is 9.90. The van der Waals surface area contributed by atoms with Crippen LogP contribution in [0.5, 0.6) is 0 Å². The topological polar surface area (TPSA) is 73.9 Å². The Hall–Kier alpha value is -3.19. The molecule has 0 aromatic heterocycles. The molecular formula is C28H38N2O2. The van der Waals surface area contributed by atoms with Gasteiger partial charge in [-0.2, -0.15) is 5.26 Å². The molecule has 0 aliphatic carbocycles. The largest absolute Gasteiger partial charge is 0.495 e. The number of benzene rings is 2. The van der Waals surface area contributed by atoms with Crippen molar-refractivity contribution in [3.63, 3.8) is 0 Å². The van der Waals surface area contributed by atoms with Crippen LogP contribution >= 0.6 is 0 Å². The molecule has 0 spiro atoms. The molecule has 2 rings (SSSR count). The number of nitriles is 1. The quantitative estimate of drug-likeness (QED) is 0.249. The molecule has 0 unspecified atom stereocenters. The standard InChI is InChI=1S/C14H17NO2.C14H19N.H2/c1-9-5-6-12(11(3)16)7-13(9)10(2)14(8-15)17-4;1-3-5-13(6-4-2)14-9-7-12(11-15)8-10-14;/h5-8,15H,1-4H3;7-10,13H,3-6H2,1-2H3;1H/b14-10-,15-8?;;. The van der Waals surface area contributed by atoms with E-state index in [2.05, 4.69) is 32.0 Å². The fourth-order valence-electron chi connectivity index (χ4n) is 3.70. The molecule has 2 aromatic carbocycles. The summed E-state index contributed by atoms with van der Waals surface area (Å²) >= 11 is 0. The molecule has 0 amide bonds. The molecule has 0 radical (unpaired) electrons. The lowest BCUT2D eigenvalue weighted by molar-refractivity contribution is 0.101. The van der Waals surface area contributed by atoms with Crippen molar-refractivity contribution in [3.8, 4) is 6.07 Å². The normalized spacial score (nSPS) is 11.1. The molecule has 4 nitrogen and oxygen atoms in total.